The average Bonchev–Trinajstić information content (AvgIpc) is 4.23. The van der Waals surface area contributed by atoms with Gasteiger partial charge in [-0.2, -0.15) is 0 Å². The summed E-state index contributed by atoms with van der Waals surface area (Å²) in [5.74, 6) is 2.35. The Bertz CT molecular complexity index is 2140. The lowest BCUT2D eigenvalue weighted by Gasteiger charge is -2.40. The number of fused-ring (bicyclic) bond motifs is 6. The van der Waals surface area contributed by atoms with Crippen molar-refractivity contribution in [2.24, 2.45) is 5.73 Å². The predicted molar refractivity (Wildman–Crippen MR) is 263 cm³/mol. The monoisotopic (exact) mass is 937 g/mol. The number of carbonyl (C=O) groups excluding carboxylic acids is 3. The second kappa shape index (κ2) is 20.6. The quantitative estimate of drug-likeness (QED) is 0.113. The molecule has 15 nitrogen and oxygen atoms in total. The van der Waals surface area contributed by atoms with Crippen LogP contribution in [-0.2, 0) is 4.79 Å². The molecule has 8 aliphatic rings. The molecule has 17 heteroatoms. The minimum atomic E-state index is -0.998. The molecule has 2 aromatic heterocycles. The van der Waals surface area contributed by atoms with Crippen LogP contribution in [0.1, 0.15) is 137 Å². The Hall–Kier alpha value is -4.48. The number of amides is 3. The van der Waals surface area contributed by atoms with Crippen LogP contribution in [0.4, 0.5) is 11.6 Å². The maximum Gasteiger partial charge on any atom is 0.373 e. The number of nitrogens with two attached hydrogens (primary N) is 1. The Morgan fingerprint density at radius 3 is 1.58 bits per heavy atom. The molecule has 2 saturated carbocycles. The fourth-order valence-corrected chi connectivity index (χ4v) is 11.5. The lowest BCUT2D eigenvalue weighted by atomic mass is 9.84. The maximum atomic E-state index is 13.0. The van der Waals surface area contributed by atoms with Gasteiger partial charge in [-0.05, 0) is 172 Å². The highest BCUT2D eigenvalue weighted by Gasteiger charge is 2.44. The lowest BCUT2D eigenvalue weighted by molar-refractivity contribution is -0.135. The first-order valence-corrected chi connectivity index (χ1v) is 25.4. The maximum absolute atomic E-state index is 13.0. The van der Waals surface area contributed by atoms with Crippen molar-refractivity contribution < 1.29 is 24.1 Å². The standard InChI is InChI=1S/C26H31ClN4O3.C16H22N4O.C8H17BN2O/c1-26(2,34-22-10-4-17(27)5-11-22)25(33)30-19-13-20-8-9-21(14-19)31(20)23-12-3-16(15-28-23)24(32)29-18-6-7-18;17-11-7-13-4-5-14(8-11)20(13)15-6-1-10(9-18-15)16(21)19-12-2-3-12;1-9(12)11-8-4-6-2-3-7(5-8)10-6/h3-5,10-12,15,18-21H,6-9,13-14H2,1-2H3,(H,29,32)(H,30,33);1,6,9,11-14H,2-5,7-8,17H2,(H,19,21);6-8,10-12H,2-5H2,1H3. The summed E-state index contributed by atoms with van der Waals surface area (Å²) < 4.78 is 5.95. The van der Waals surface area contributed by atoms with Crippen molar-refractivity contribution in [3.8, 4) is 5.75 Å². The molecule has 11 rings (SSSR count). The van der Waals surface area contributed by atoms with Crippen molar-refractivity contribution in [3.63, 3.8) is 0 Å². The number of benzene rings is 1. The van der Waals surface area contributed by atoms with Gasteiger partial charge in [0.05, 0.1) is 11.1 Å². The van der Waals surface area contributed by atoms with Crippen molar-refractivity contribution in [2.45, 2.75) is 195 Å². The van der Waals surface area contributed by atoms with Gasteiger partial charge in [0.2, 0.25) is 0 Å². The number of halogens is 1. The fraction of sp³-hybridized carbons (Fsp3) is 0.620. The number of nitrogens with zero attached hydrogens (tertiary/aromatic N) is 4. The van der Waals surface area contributed by atoms with E-state index < -0.39 is 5.60 Å². The van der Waals surface area contributed by atoms with Gasteiger partial charge in [-0.25, -0.2) is 9.97 Å². The van der Waals surface area contributed by atoms with Crippen LogP contribution in [-0.4, -0.2) is 112 Å². The number of ether oxygens (including phenoxy) is 1. The van der Waals surface area contributed by atoms with Crippen LogP contribution in [0.5, 0.6) is 5.75 Å². The molecule has 1 aromatic carbocycles. The minimum absolute atomic E-state index is 0.000174. The number of carbonyl (C=O) groups is 3. The third-order valence-corrected chi connectivity index (χ3v) is 15.1. The van der Waals surface area contributed by atoms with Crippen LogP contribution in [0.3, 0.4) is 0 Å². The zero-order valence-electron chi connectivity index (χ0n) is 39.3. The Morgan fingerprint density at radius 1 is 0.672 bits per heavy atom. The molecular formula is C50H70BClN10O5. The minimum Gasteiger partial charge on any atom is -0.478 e. The van der Waals surface area contributed by atoms with E-state index in [1.807, 2.05) is 24.3 Å². The predicted octanol–water partition coefficient (Wildman–Crippen LogP) is 5.50. The Labute approximate surface area is 401 Å². The van der Waals surface area contributed by atoms with E-state index in [9.17, 15) is 14.4 Å². The number of piperidine rings is 3. The summed E-state index contributed by atoms with van der Waals surface area (Å²) in [6, 6.07) is 19.5. The van der Waals surface area contributed by atoms with E-state index in [1.165, 1.54) is 38.5 Å². The van der Waals surface area contributed by atoms with Gasteiger partial charge in [-0.15, -0.1) is 0 Å². The molecule has 67 heavy (non-hydrogen) atoms. The summed E-state index contributed by atoms with van der Waals surface area (Å²) in [4.78, 5) is 51.2. The molecule has 6 unspecified atom stereocenters. The van der Waals surface area contributed by atoms with Crippen LogP contribution in [0, 0.1) is 0 Å². The molecule has 0 spiro atoms. The number of hydrogen-bond donors (Lipinski definition) is 7. The average molecular weight is 937 g/mol. The number of nitrogens with one attached hydrogen (secondary N) is 5. The summed E-state index contributed by atoms with van der Waals surface area (Å²) in [6.45, 7) is 5.36. The summed E-state index contributed by atoms with van der Waals surface area (Å²) in [7, 11) is -0.354. The highest BCUT2D eigenvalue weighted by atomic mass is 35.5. The number of aromatic nitrogens is 2. The van der Waals surface area contributed by atoms with Gasteiger partial charge in [0.25, 0.3) is 17.7 Å². The van der Waals surface area contributed by atoms with E-state index in [1.54, 1.807) is 57.3 Å². The molecule has 6 bridgehead atoms. The van der Waals surface area contributed by atoms with E-state index in [-0.39, 0.29) is 30.8 Å². The van der Waals surface area contributed by atoms with Crippen molar-refractivity contribution in [1.82, 2.24) is 36.5 Å². The van der Waals surface area contributed by atoms with Gasteiger partial charge in [0.15, 0.2) is 5.60 Å². The Kier molecular flexibility index (Phi) is 14.7. The van der Waals surface area contributed by atoms with Gasteiger partial charge >= 0.3 is 7.05 Å². The van der Waals surface area contributed by atoms with Crippen LogP contribution in [0.2, 0.25) is 11.8 Å². The van der Waals surface area contributed by atoms with Crippen LogP contribution in [0.15, 0.2) is 60.9 Å². The summed E-state index contributed by atoms with van der Waals surface area (Å²) in [5, 5.41) is 25.8. The Morgan fingerprint density at radius 2 is 1.15 bits per heavy atom. The summed E-state index contributed by atoms with van der Waals surface area (Å²) >= 11 is 5.94. The van der Waals surface area contributed by atoms with Gasteiger partial charge in [0, 0.05) is 83.9 Å². The van der Waals surface area contributed by atoms with Gasteiger partial charge in [-0.3, -0.25) is 14.4 Å². The number of anilines is 2. The van der Waals surface area contributed by atoms with Gasteiger partial charge < -0.3 is 51.8 Å². The molecule has 3 amide bonds. The highest BCUT2D eigenvalue weighted by Crippen LogP contribution is 2.40. The van der Waals surface area contributed by atoms with Crippen molar-refractivity contribution >= 4 is 48.0 Å². The zero-order chi connectivity index (χ0) is 46.8. The third-order valence-electron chi connectivity index (χ3n) is 14.9. The van der Waals surface area contributed by atoms with E-state index in [2.05, 4.69) is 46.3 Å². The first-order chi connectivity index (χ1) is 32.2. The zero-order valence-corrected chi connectivity index (χ0v) is 40.1. The fourth-order valence-electron chi connectivity index (χ4n) is 11.3. The molecule has 6 saturated heterocycles. The first-order valence-electron chi connectivity index (χ1n) is 25.0. The molecule has 6 atom stereocenters. The Balaban J connectivity index is 0.000000143. The SMILES string of the molecule is CB(O)NC1CC2CCC(C1)N2.CC(C)(Oc1ccc(Cl)cc1)C(=O)NC1CC2CCC(C1)N2c1ccc(C(=O)NC2CC2)cn1.NC1CC2CCC(C1)N2c1ccc(C(=O)NC2CC2)cn1. The number of hydrogen-bond acceptors (Lipinski definition) is 12. The lowest BCUT2D eigenvalue weighted by Crippen LogP contribution is -2.55. The van der Waals surface area contributed by atoms with Gasteiger partial charge in [0.1, 0.15) is 17.4 Å². The molecular weight excluding hydrogens is 867 g/mol. The molecule has 0 radical (unpaired) electrons. The van der Waals surface area contributed by atoms with Crippen molar-refractivity contribution in [3.05, 3.63) is 77.1 Å². The van der Waals surface area contributed by atoms with E-state index in [4.69, 9.17) is 27.1 Å². The van der Waals surface area contributed by atoms with E-state index >= 15 is 0 Å². The van der Waals surface area contributed by atoms with Crippen LogP contribution in [0.25, 0.3) is 0 Å². The van der Waals surface area contributed by atoms with Crippen molar-refractivity contribution in [2.75, 3.05) is 9.80 Å². The smallest absolute Gasteiger partial charge is 0.373 e. The van der Waals surface area contributed by atoms with E-state index in [0.29, 0.717) is 82.3 Å². The molecule has 2 aliphatic carbocycles. The molecule has 360 valence electrons. The molecule has 6 aliphatic heterocycles. The second-order valence-corrected chi connectivity index (χ2v) is 21.4. The third kappa shape index (κ3) is 12.2. The van der Waals surface area contributed by atoms with Gasteiger partial charge in [-0.1, -0.05) is 11.6 Å². The summed E-state index contributed by atoms with van der Waals surface area (Å²) in [6.07, 6.45) is 21.2. The first kappa shape index (κ1) is 47.6. The number of rotatable bonds is 12. The van der Waals surface area contributed by atoms with Crippen molar-refractivity contribution in [1.29, 1.82) is 0 Å². The molecule has 8 fully saturated rings. The highest BCUT2D eigenvalue weighted by molar-refractivity contribution is 6.45. The normalized spacial score (nSPS) is 29.1. The second-order valence-electron chi connectivity index (χ2n) is 21.0. The number of pyridine rings is 2. The topological polar surface area (TPSA) is 199 Å². The van der Waals surface area contributed by atoms with Crippen LogP contribution >= 0.6 is 11.6 Å². The van der Waals surface area contributed by atoms with E-state index in [0.717, 1.165) is 75.8 Å². The molecule has 3 aromatic rings. The largest absolute Gasteiger partial charge is 0.478 e. The molecule has 8 N–H and O–H groups in total. The summed E-state index contributed by atoms with van der Waals surface area (Å²) in [5.41, 5.74) is 6.38. The molecule has 8 heterocycles. The van der Waals surface area contributed by atoms with Crippen LogP contribution < -0.4 is 46.8 Å².